The molecule has 0 amide bonds. The highest BCUT2D eigenvalue weighted by atomic mass is 16.4. The van der Waals surface area contributed by atoms with Crippen LogP contribution in [0.1, 0.15) is 0 Å². The highest BCUT2D eigenvalue weighted by molar-refractivity contribution is 6.17. The topological polar surface area (TPSA) is 47.3 Å². The molecule has 0 bridgehead atoms. The molecule has 3 heterocycles. The summed E-state index contributed by atoms with van der Waals surface area (Å²) < 4.78 is 15.0. The number of furan rings is 1. The Hall–Kier alpha value is -7.37. The zero-order chi connectivity index (χ0) is 35.6. The van der Waals surface area contributed by atoms with Gasteiger partial charge in [-0.1, -0.05) is 97.1 Å². The molecular weight excluding hydrogens is 663 g/mol. The van der Waals surface area contributed by atoms with Gasteiger partial charge in [-0.3, -0.25) is 0 Å². The third-order valence-electron chi connectivity index (χ3n) is 10.4. The SMILES string of the molecule is c1ccc(-c2nc3c(ccc4oc5cc(-c6ccc(N(c7ccccc7)c7ccc8c9ccccc9n(-c9ccccc9)c8c7)cc6)ccc5c43)o2)cc1. The molecule has 3 aromatic heterocycles. The van der Waals surface area contributed by atoms with Gasteiger partial charge >= 0.3 is 0 Å². The van der Waals surface area contributed by atoms with Crippen LogP contribution in [0.25, 0.3) is 83.1 Å². The van der Waals surface area contributed by atoms with E-state index in [0.717, 1.165) is 78.0 Å². The second-order valence-corrected chi connectivity index (χ2v) is 13.6. The van der Waals surface area contributed by atoms with Crippen LogP contribution < -0.4 is 4.90 Å². The van der Waals surface area contributed by atoms with E-state index in [1.807, 2.05) is 42.5 Å². The van der Waals surface area contributed by atoms with Gasteiger partial charge in [-0.05, 0) is 102 Å². The first-order chi connectivity index (χ1) is 26.8. The van der Waals surface area contributed by atoms with E-state index in [4.69, 9.17) is 13.8 Å². The first-order valence-electron chi connectivity index (χ1n) is 18.1. The van der Waals surface area contributed by atoms with Gasteiger partial charge in [0.2, 0.25) is 5.89 Å². The predicted molar refractivity (Wildman–Crippen MR) is 221 cm³/mol. The van der Waals surface area contributed by atoms with E-state index in [0.29, 0.717) is 5.89 Å². The summed E-state index contributed by atoms with van der Waals surface area (Å²) in [4.78, 5) is 7.23. The molecule has 0 radical (unpaired) electrons. The summed E-state index contributed by atoms with van der Waals surface area (Å²) in [5.41, 5.74) is 13.0. The lowest BCUT2D eigenvalue weighted by Gasteiger charge is -2.26. The standard InChI is InChI=1S/C49H31N3O2/c1-4-12-33(13-5-1)49-50-48-45(54-49)29-28-44-47(48)41-26-22-34(30-46(41)53-44)32-20-23-37(24-21-32)51(35-14-6-2-7-15-35)38-25-27-40-39-18-10-11-19-42(39)52(43(40)31-38)36-16-8-3-9-17-36/h1-31H. The first kappa shape index (κ1) is 30.3. The van der Waals surface area contributed by atoms with Gasteiger partial charge in [0, 0.05) is 44.5 Å². The van der Waals surface area contributed by atoms with Crippen LogP contribution in [-0.4, -0.2) is 9.55 Å². The van der Waals surface area contributed by atoms with E-state index >= 15 is 0 Å². The quantitative estimate of drug-likeness (QED) is 0.174. The van der Waals surface area contributed by atoms with Crippen LogP contribution in [0.15, 0.2) is 197 Å². The number of fused-ring (bicyclic) bond motifs is 8. The smallest absolute Gasteiger partial charge is 0.227 e. The molecular formula is C49H31N3O2. The van der Waals surface area contributed by atoms with Crippen molar-refractivity contribution >= 4 is 71.9 Å². The summed E-state index contributed by atoms with van der Waals surface area (Å²) in [6.45, 7) is 0. The molecule has 0 fully saturated rings. The molecule has 11 aromatic rings. The molecule has 8 aromatic carbocycles. The zero-order valence-corrected chi connectivity index (χ0v) is 29.1. The van der Waals surface area contributed by atoms with E-state index in [1.54, 1.807) is 0 Å². The first-order valence-corrected chi connectivity index (χ1v) is 18.1. The van der Waals surface area contributed by atoms with Crippen molar-refractivity contribution in [1.82, 2.24) is 9.55 Å². The molecule has 54 heavy (non-hydrogen) atoms. The lowest BCUT2D eigenvalue weighted by atomic mass is 10.0. The number of hydrogen-bond acceptors (Lipinski definition) is 4. The van der Waals surface area contributed by atoms with Crippen molar-refractivity contribution in [3.05, 3.63) is 188 Å². The third kappa shape index (κ3) is 4.83. The van der Waals surface area contributed by atoms with Crippen LogP contribution in [0.4, 0.5) is 17.1 Å². The van der Waals surface area contributed by atoms with Gasteiger partial charge in [-0.25, -0.2) is 4.98 Å². The number of hydrogen-bond donors (Lipinski definition) is 0. The Balaban J connectivity index is 0.996. The largest absolute Gasteiger partial charge is 0.456 e. The number of nitrogens with zero attached hydrogens (tertiary/aromatic N) is 3. The summed E-state index contributed by atoms with van der Waals surface area (Å²) in [7, 11) is 0. The van der Waals surface area contributed by atoms with Crippen molar-refractivity contribution in [2.75, 3.05) is 4.90 Å². The molecule has 0 saturated carbocycles. The summed E-state index contributed by atoms with van der Waals surface area (Å²) in [6.07, 6.45) is 0. The molecule has 0 spiro atoms. The maximum Gasteiger partial charge on any atom is 0.227 e. The van der Waals surface area contributed by atoms with E-state index in [-0.39, 0.29) is 0 Å². The summed E-state index contributed by atoms with van der Waals surface area (Å²) in [6, 6.07) is 65.7. The second-order valence-electron chi connectivity index (χ2n) is 13.6. The third-order valence-corrected chi connectivity index (χ3v) is 10.4. The average molecular weight is 694 g/mol. The van der Waals surface area contributed by atoms with Gasteiger partial charge in [-0.15, -0.1) is 0 Å². The minimum Gasteiger partial charge on any atom is -0.456 e. The Morgan fingerprint density at radius 1 is 0.407 bits per heavy atom. The second kappa shape index (κ2) is 12.1. The Labute approximate surface area is 310 Å². The van der Waals surface area contributed by atoms with Crippen molar-refractivity contribution in [1.29, 1.82) is 0 Å². The normalized spacial score (nSPS) is 11.7. The van der Waals surface area contributed by atoms with Gasteiger partial charge in [0.05, 0.1) is 16.4 Å². The number of benzene rings is 8. The molecule has 0 aliphatic heterocycles. The maximum absolute atomic E-state index is 6.42. The van der Waals surface area contributed by atoms with Crippen molar-refractivity contribution in [2.45, 2.75) is 0 Å². The van der Waals surface area contributed by atoms with Crippen LogP contribution in [0.5, 0.6) is 0 Å². The Kier molecular flexibility index (Phi) is 6.79. The summed E-state index contributed by atoms with van der Waals surface area (Å²) in [5, 5.41) is 4.45. The molecule has 0 aliphatic carbocycles. The number of rotatable bonds is 6. The van der Waals surface area contributed by atoms with Gasteiger partial charge < -0.3 is 18.3 Å². The predicted octanol–water partition coefficient (Wildman–Crippen LogP) is 13.6. The van der Waals surface area contributed by atoms with Crippen molar-refractivity contribution in [3.8, 4) is 28.3 Å². The number of aromatic nitrogens is 2. The highest BCUT2D eigenvalue weighted by Crippen LogP contribution is 2.41. The fourth-order valence-electron chi connectivity index (χ4n) is 7.92. The average Bonchev–Trinajstić information content (AvgIpc) is 3.94. The molecule has 0 atom stereocenters. The monoisotopic (exact) mass is 693 g/mol. The number of oxazole rings is 1. The van der Waals surface area contributed by atoms with Crippen molar-refractivity contribution in [2.24, 2.45) is 0 Å². The van der Waals surface area contributed by atoms with Gasteiger partial charge in [0.1, 0.15) is 16.7 Å². The maximum atomic E-state index is 6.42. The Morgan fingerprint density at radius 2 is 1.04 bits per heavy atom. The van der Waals surface area contributed by atoms with Gasteiger partial charge in [0.15, 0.2) is 5.58 Å². The van der Waals surface area contributed by atoms with Crippen LogP contribution in [-0.2, 0) is 0 Å². The number of anilines is 3. The fraction of sp³-hybridized carbons (Fsp3) is 0. The van der Waals surface area contributed by atoms with E-state index in [9.17, 15) is 0 Å². The molecule has 0 aliphatic rings. The minimum absolute atomic E-state index is 0.604. The lowest BCUT2D eigenvalue weighted by Crippen LogP contribution is -2.10. The molecule has 0 saturated heterocycles. The fourth-order valence-corrected chi connectivity index (χ4v) is 7.92. The summed E-state index contributed by atoms with van der Waals surface area (Å²) in [5.74, 6) is 0.604. The van der Waals surface area contributed by atoms with Crippen molar-refractivity contribution < 1.29 is 8.83 Å². The Bertz CT molecular complexity index is 3140. The minimum atomic E-state index is 0.604. The zero-order valence-electron chi connectivity index (χ0n) is 29.1. The van der Waals surface area contributed by atoms with E-state index in [1.165, 1.54) is 16.3 Å². The van der Waals surface area contributed by atoms with Gasteiger partial charge in [0.25, 0.3) is 0 Å². The van der Waals surface area contributed by atoms with Crippen LogP contribution in [0.3, 0.4) is 0 Å². The number of para-hydroxylation sites is 3. The molecule has 254 valence electrons. The van der Waals surface area contributed by atoms with Crippen LogP contribution in [0.2, 0.25) is 0 Å². The molecule has 5 nitrogen and oxygen atoms in total. The Morgan fingerprint density at radius 3 is 1.85 bits per heavy atom. The molecule has 5 heteroatoms. The molecule has 11 rings (SSSR count). The summed E-state index contributed by atoms with van der Waals surface area (Å²) >= 11 is 0. The van der Waals surface area contributed by atoms with E-state index < -0.39 is 0 Å². The lowest BCUT2D eigenvalue weighted by molar-refractivity contribution is 0.619. The molecule has 0 unspecified atom stereocenters. The highest BCUT2D eigenvalue weighted by Gasteiger charge is 2.19. The molecule has 0 N–H and O–H groups in total. The van der Waals surface area contributed by atoms with Crippen LogP contribution >= 0.6 is 0 Å². The van der Waals surface area contributed by atoms with Crippen molar-refractivity contribution in [3.63, 3.8) is 0 Å². The van der Waals surface area contributed by atoms with Crippen LogP contribution in [0, 0.1) is 0 Å². The van der Waals surface area contributed by atoms with E-state index in [2.05, 4.69) is 155 Å². The van der Waals surface area contributed by atoms with Gasteiger partial charge in [-0.2, -0.15) is 0 Å².